The molecule has 0 aliphatic carbocycles. The number of carboxylic acids is 2. The van der Waals surface area contributed by atoms with E-state index in [1.54, 1.807) is 6.26 Å². The molecular weight excluding hydrogens is 634 g/mol. The van der Waals surface area contributed by atoms with Crippen LogP contribution in [-0.4, -0.2) is 98.7 Å². The molecule has 0 saturated heterocycles. The normalized spacial score (nSPS) is 13.1. The number of thioether (sulfide) groups is 1. The van der Waals surface area contributed by atoms with E-state index < -0.39 is 102 Å². The molecule has 1 rings (SSSR count). The summed E-state index contributed by atoms with van der Waals surface area (Å²) in [5.41, 5.74) is 4.97. The number of benzene rings is 1. The molecule has 0 aliphatic rings. The monoisotopic (exact) mass is 669 g/mol. The molecule has 0 spiro atoms. The molecule has 9 N–H and O–H groups in total. The fraction of sp³-hybridized carbons (Fsp3) is 0.462. The Morgan fingerprint density at radius 3 is 1.67 bits per heavy atom. The van der Waals surface area contributed by atoms with Gasteiger partial charge in [0.2, 0.25) is 35.4 Å². The van der Waals surface area contributed by atoms with Crippen molar-refractivity contribution in [2.45, 2.75) is 63.2 Å². The third-order valence-electron chi connectivity index (χ3n) is 5.99. The number of anilines is 1. The van der Waals surface area contributed by atoms with E-state index in [0.29, 0.717) is 5.75 Å². The van der Waals surface area contributed by atoms with Gasteiger partial charge in [0.1, 0.15) is 24.2 Å². The summed E-state index contributed by atoms with van der Waals surface area (Å²) in [4.78, 5) is 108. The van der Waals surface area contributed by atoms with Crippen molar-refractivity contribution >= 4 is 70.5 Å². The fourth-order valence-corrected chi connectivity index (χ4v) is 4.26. The summed E-state index contributed by atoms with van der Waals surface area (Å²) in [5.74, 6) is -8.20. The highest BCUT2D eigenvalue weighted by Gasteiger charge is 2.32. The van der Waals surface area contributed by atoms with Gasteiger partial charge in [0.05, 0.1) is 17.8 Å². The number of carbonyl (C=O) groups is 8. The van der Waals surface area contributed by atoms with Gasteiger partial charge in [-0.2, -0.15) is 11.8 Å². The Balaban J connectivity index is 3.20. The van der Waals surface area contributed by atoms with E-state index in [1.807, 2.05) is 0 Å². The highest BCUT2D eigenvalue weighted by Crippen LogP contribution is 2.16. The van der Waals surface area contributed by atoms with Gasteiger partial charge in [-0.25, -0.2) is 0 Å². The van der Waals surface area contributed by atoms with Gasteiger partial charge in [0.25, 0.3) is 5.69 Å². The van der Waals surface area contributed by atoms with Gasteiger partial charge < -0.3 is 42.5 Å². The number of nitrogens with one attached hydrogen (secondary N) is 5. The number of hydrogen-bond donors (Lipinski definition) is 8. The van der Waals surface area contributed by atoms with E-state index in [2.05, 4.69) is 26.6 Å². The molecule has 0 heterocycles. The first-order chi connectivity index (χ1) is 21.5. The molecule has 0 aliphatic heterocycles. The lowest BCUT2D eigenvalue weighted by atomic mass is 10.1. The zero-order valence-corrected chi connectivity index (χ0v) is 25.6. The molecule has 46 heavy (non-hydrogen) atoms. The Kier molecular flexibility index (Phi) is 16.2. The number of rotatable bonds is 20. The number of hydrogen-bond acceptors (Lipinski definition) is 11. The largest absolute Gasteiger partial charge is 0.481 e. The summed E-state index contributed by atoms with van der Waals surface area (Å²) in [6, 6.07) is -1.63. The van der Waals surface area contributed by atoms with E-state index in [-0.39, 0.29) is 17.8 Å². The standard InChI is InChI=1S/C26H35N7O12S/c1-13(34)28-18(11-21(36)37)26(43)31-17(9-10-46-2)24(41)30-16(7-8-20(27)35)23(40)32-19(12-22(38)39)25(42)29-14-3-5-15(6-4-14)33(44)45/h3-6,16-19H,7-12H2,1-2H3,(H2,27,35)(H,28,34)(H,29,42)(H,30,41)(H,31,43)(H,32,40)(H,36,37)(H,38,39)/t16-,17-,18-,19-/m0/s1. The molecule has 20 heteroatoms. The van der Waals surface area contributed by atoms with E-state index >= 15 is 0 Å². The number of non-ortho nitro benzene ring substituents is 1. The Hall–Kier alpha value is -5.27. The number of carboxylic acid groups (broad SMARTS) is 2. The van der Waals surface area contributed by atoms with E-state index in [0.717, 1.165) is 19.1 Å². The van der Waals surface area contributed by atoms with Gasteiger partial charge in [0.15, 0.2) is 0 Å². The number of carbonyl (C=O) groups excluding carboxylic acids is 6. The van der Waals surface area contributed by atoms with Crippen molar-refractivity contribution in [3.05, 3.63) is 34.4 Å². The molecule has 0 saturated carbocycles. The van der Waals surface area contributed by atoms with E-state index in [1.165, 1.54) is 23.9 Å². The highest BCUT2D eigenvalue weighted by atomic mass is 32.2. The molecule has 1 aromatic carbocycles. The maximum absolute atomic E-state index is 13.3. The van der Waals surface area contributed by atoms with Crippen LogP contribution in [0.25, 0.3) is 0 Å². The molecule has 4 atom stereocenters. The van der Waals surface area contributed by atoms with Crippen LogP contribution in [0.3, 0.4) is 0 Å². The van der Waals surface area contributed by atoms with Gasteiger partial charge in [0, 0.05) is 31.2 Å². The summed E-state index contributed by atoms with van der Waals surface area (Å²) in [7, 11) is 0. The quantitative estimate of drug-likeness (QED) is 0.0577. The summed E-state index contributed by atoms with van der Waals surface area (Å²) >= 11 is 1.29. The van der Waals surface area contributed by atoms with Crippen LogP contribution < -0.4 is 32.3 Å². The second-order valence-electron chi connectivity index (χ2n) is 9.71. The molecule has 0 fully saturated rings. The molecule has 6 amide bonds. The molecule has 19 nitrogen and oxygen atoms in total. The minimum atomic E-state index is -1.71. The van der Waals surface area contributed by atoms with Crippen LogP contribution in [0, 0.1) is 10.1 Å². The number of primary amides is 1. The maximum atomic E-state index is 13.3. The van der Waals surface area contributed by atoms with Gasteiger partial charge in [-0.05, 0) is 37.0 Å². The minimum Gasteiger partial charge on any atom is -0.481 e. The number of nitro benzene ring substituents is 1. The van der Waals surface area contributed by atoms with Crippen molar-refractivity contribution in [1.82, 2.24) is 21.3 Å². The number of nitrogens with two attached hydrogens (primary N) is 1. The van der Waals surface area contributed by atoms with Crippen LogP contribution in [0.15, 0.2) is 24.3 Å². The Morgan fingerprint density at radius 1 is 0.783 bits per heavy atom. The lowest BCUT2D eigenvalue weighted by molar-refractivity contribution is -0.384. The topological polar surface area (TPSA) is 306 Å². The Morgan fingerprint density at radius 2 is 1.24 bits per heavy atom. The van der Waals surface area contributed by atoms with Crippen molar-refractivity contribution in [3.63, 3.8) is 0 Å². The molecular formula is C26H35N7O12S. The molecule has 252 valence electrons. The summed E-state index contributed by atoms with van der Waals surface area (Å²) in [6.07, 6.45) is -0.841. The molecule has 0 radical (unpaired) electrons. The lowest BCUT2D eigenvalue weighted by Gasteiger charge is -2.26. The highest BCUT2D eigenvalue weighted by molar-refractivity contribution is 7.98. The lowest BCUT2D eigenvalue weighted by Crippen LogP contribution is -2.58. The second-order valence-corrected chi connectivity index (χ2v) is 10.7. The molecule has 0 unspecified atom stereocenters. The average molecular weight is 670 g/mol. The van der Waals surface area contributed by atoms with Crippen molar-refractivity contribution in [1.29, 1.82) is 0 Å². The summed E-state index contributed by atoms with van der Waals surface area (Å²) < 4.78 is 0. The molecule has 1 aromatic rings. The SMILES string of the molecule is CSCC[C@H](NC(=O)[C@H](CC(=O)O)NC(C)=O)C(=O)N[C@@H](CCC(N)=O)C(=O)N[C@@H](CC(=O)O)C(=O)Nc1ccc([N+](=O)[O-])cc1. The van der Waals surface area contributed by atoms with Crippen LogP contribution in [0.4, 0.5) is 11.4 Å². The Labute approximate surface area is 265 Å². The van der Waals surface area contributed by atoms with Crippen molar-refractivity contribution in [2.75, 3.05) is 17.3 Å². The zero-order valence-electron chi connectivity index (χ0n) is 24.8. The second kappa shape index (κ2) is 19.2. The van der Waals surface area contributed by atoms with Gasteiger partial charge in [-0.3, -0.25) is 48.5 Å². The van der Waals surface area contributed by atoms with Crippen molar-refractivity contribution < 1.29 is 53.5 Å². The van der Waals surface area contributed by atoms with Crippen molar-refractivity contribution in [2.24, 2.45) is 5.73 Å². The van der Waals surface area contributed by atoms with Crippen LogP contribution in [-0.2, 0) is 38.4 Å². The predicted octanol–water partition coefficient (Wildman–Crippen LogP) is -1.54. The molecule has 0 aromatic heterocycles. The smallest absolute Gasteiger partial charge is 0.305 e. The van der Waals surface area contributed by atoms with Gasteiger partial charge >= 0.3 is 11.9 Å². The molecule has 0 bridgehead atoms. The summed E-state index contributed by atoms with van der Waals surface area (Å²) in [5, 5.41) is 40.7. The van der Waals surface area contributed by atoms with Crippen LogP contribution in [0.1, 0.15) is 39.0 Å². The number of amides is 6. The maximum Gasteiger partial charge on any atom is 0.305 e. The van der Waals surface area contributed by atoms with Gasteiger partial charge in [-0.15, -0.1) is 0 Å². The van der Waals surface area contributed by atoms with Crippen LogP contribution >= 0.6 is 11.8 Å². The Bertz CT molecular complexity index is 1310. The van der Waals surface area contributed by atoms with Crippen LogP contribution in [0.5, 0.6) is 0 Å². The van der Waals surface area contributed by atoms with Crippen molar-refractivity contribution in [3.8, 4) is 0 Å². The fourth-order valence-electron chi connectivity index (χ4n) is 3.79. The van der Waals surface area contributed by atoms with Crippen LogP contribution in [0.2, 0.25) is 0 Å². The number of nitro groups is 1. The predicted molar refractivity (Wildman–Crippen MR) is 161 cm³/mol. The first-order valence-corrected chi connectivity index (χ1v) is 14.9. The summed E-state index contributed by atoms with van der Waals surface area (Å²) in [6.45, 7) is 1.06. The zero-order chi connectivity index (χ0) is 35.0. The van der Waals surface area contributed by atoms with Gasteiger partial charge in [-0.1, -0.05) is 0 Å². The third-order valence-corrected chi connectivity index (χ3v) is 6.63. The average Bonchev–Trinajstić information content (AvgIpc) is 2.95. The third kappa shape index (κ3) is 14.5. The van der Waals surface area contributed by atoms with E-state index in [9.17, 15) is 53.6 Å². The number of aliphatic carboxylic acids is 2. The number of nitrogens with zero attached hydrogens (tertiary/aromatic N) is 1. The first-order valence-electron chi connectivity index (χ1n) is 13.5. The first kappa shape index (κ1) is 38.8. The minimum absolute atomic E-state index is 0.0119. The van der Waals surface area contributed by atoms with E-state index in [4.69, 9.17) is 10.8 Å².